The fraction of sp³-hybridized carbons (Fsp3) is 0.529. The molecule has 1 aromatic rings. The van der Waals surface area contributed by atoms with Crippen LogP contribution in [0.2, 0.25) is 0 Å². The van der Waals surface area contributed by atoms with Gasteiger partial charge in [-0.05, 0) is 37.3 Å². The lowest BCUT2D eigenvalue weighted by atomic mass is 9.62. The first-order chi connectivity index (χ1) is 10.0. The minimum Gasteiger partial charge on any atom is -0.481 e. The number of nitrogens with zero attached hydrogens (tertiary/aromatic N) is 1. The fourth-order valence-corrected chi connectivity index (χ4v) is 3.69. The van der Waals surface area contributed by atoms with E-state index < -0.39 is 17.3 Å². The SMILES string of the molecule is Cc1ccccc1C1(C(=O)N2CCC(C(=O)O)C2)CCC1. The maximum Gasteiger partial charge on any atom is 0.308 e. The third-order valence-corrected chi connectivity index (χ3v) is 5.10. The van der Waals surface area contributed by atoms with Crippen LogP contribution >= 0.6 is 0 Å². The van der Waals surface area contributed by atoms with Gasteiger partial charge in [0, 0.05) is 13.1 Å². The summed E-state index contributed by atoms with van der Waals surface area (Å²) >= 11 is 0. The van der Waals surface area contributed by atoms with Gasteiger partial charge in [0.05, 0.1) is 11.3 Å². The molecular weight excluding hydrogens is 266 g/mol. The van der Waals surface area contributed by atoms with Gasteiger partial charge in [0.2, 0.25) is 5.91 Å². The zero-order valence-electron chi connectivity index (χ0n) is 12.3. The first-order valence-electron chi connectivity index (χ1n) is 7.63. The normalized spacial score (nSPS) is 23.7. The number of aliphatic carboxylic acids is 1. The van der Waals surface area contributed by atoms with Crippen LogP contribution in [0.4, 0.5) is 0 Å². The largest absolute Gasteiger partial charge is 0.481 e. The quantitative estimate of drug-likeness (QED) is 0.928. The van der Waals surface area contributed by atoms with Gasteiger partial charge in [-0.1, -0.05) is 30.7 Å². The van der Waals surface area contributed by atoms with E-state index in [1.807, 2.05) is 25.1 Å². The van der Waals surface area contributed by atoms with Crippen LogP contribution in [0.5, 0.6) is 0 Å². The van der Waals surface area contributed by atoms with Gasteiger partial charge in [-0.15, -0.1) is 0 Å². The standard InChI is InChI=1S/C17H21NO3/c1-12-5-2-3-6-14(12)17(8-4-9-17)16(21)18-10-7-13(11-18)15(19)20/h2-3,5-6,13H,4,7-11H2,1H3,(H,19,20). The Morgan fingerprint density at radius 1 is 1.29 bits per heavy atom. The highest BCUT2D eigenvalue weighted by molar-refractivity contribution is 5.90. The number of hydrogen-bond acceptors (Lipinski definition) is 2. The number of likely N-dealkylation sites (tertiary alicyclic amines) is 1. The summed E-state index contributed by atoms with van der Waals surface area (Å²) in [5.74, 6) is -1.06. The van der Waals surface area contributed by atoms with Crippen LogP contribution in [-0.2, 0) is 15.0 Å². The highest BCUT2D eigenvalue weighted by Gasteiger charge is 2.49. The van der Waals surface area contributed by atoms with Crippen LogP contribution in [0, 0.1) is 12.8 Å². The van der Waals surface area contributed by atoms with E-state index >= 15 is 0 Å². The Bertz CT molecular complexity index is 577. The second-order valence-electron chi connectivity index (χ2n) is 6.33. The summed E-state index contributed by atoms with van der Waals surface area (Å²) in [6.07, 6.45) is 3.40. The lowest BCUT2D eigenvalue weighted by Gasteiger charge is -2.44. The third-order valence-electron chi connectivity index (χ3n) is 5.10. The van der Waals surface area contributed by atoms with Gasteiger partial charge >= 0.3 is 5.97 Å². The number of carboxylic acid groups (broad SMARTS) is 1. The highest BCUT2D eigenvalue weighted by Crippen LogP contribution is 2.46. The van der Waals surface area contributed by atoms with E-state index in [1.54, 1.807) is 4.90 Å². The van der Waals surface area contributed by atoms with Crippen molar-refractivity contribution < 1.29 is 14.7 Å². The summed E-state index contributed by atoms with van der Waals surface area (Å²) < 4.78 is 0. The number of aryl methyl sites for hydroxylation is 1. The Labute approximate surface area is 124 Å². The Balaban J connectivity index is 1.86. The molecule has 1 saturated carbocycles. The van der Waals surface area contributed by atoms with Gasteiger partial charge in [-0.3, -0.25) is 9.59 Å². The molecule has 0 bridgehead atoms. The monoisotopic (exact) mass is 287 g/mol. The molecule has 2 aliphatic rings. The summed E-state index contributed by atoms with van der Waals surface area (Å²) in [5.41, 5.74) is 1.87. The van der Waals surface area contributed by atoms with E-state index in [-0.39, 0.29) is 5.91 Å². The Kier molecular flexibility index (Phi) is 3.47. The van der Waals surface area contributed by atoms with Crippen molar-refractivity contribution in [3.05, 3.63) is 35.4 Å². The first kappa shape index (κ1) is 14.1. The van der Waals surface area contributed by atoms with Crippen LogP contribution in [0.3, 0.4) is 0 Å². The van der Waals surface area contributed by atoms with Gasteiger partial charge in [-0.2, -0.15) is 0 Å². The smallest absolute Gasteiger partial charge is 0.308 e. The molecule has 1 unspecified atom stereocenters. The molecule has 4 nitrogen and oxygen atoms in total. The predicted molar refractivity (Wildman–Crippen MR) is 79.0 cm³/mol. The van der Waals surface area contributed by atoms with E-state index in [9.17, 15) is 9.59 Å². The number of hydrogen-bond donors (Lipinski definition) is 1. The summed E-state index contributed by atoms with van der Waals surface area (Å²) in [6, 6.07) is 8.08. The molecule has 0 spiro atoms. The van der Waals surface area contributed by atoms with E-state index in [0.717, 1.165) is 30.4 Å². The Hall–Kier alpha value is -1.84. The minimum absolute atomic E-state index is 0.131. The molecule has 1 amide bonds. The topological polar surface area (TPSA) is 57.6 Å². The van der Waals surface area contributed by atoms with Crippen LogP contribution < -0.4 is 0 Å². The molecule has 1 atom stereocenters. The molecule has 3 rings (SSSR count). The second-order valence-corrected chi connectivity index (χ2v) is 6.33. The Morgan fingerprint density at radius 3 is 2.52 bits per heavy atom. The van der Waals surface area contributed by atoms with Gasteiger partial charge in [0.1, 0.15) is 0 Å². The van der Waals surface area contributed by atoms with Gasteiger partial charge in [-0.25, -0.2) is 0 Å². The lowest BCUT2D eigenvalue weighted by molar-refractivity contribution is -0.142. The fourth-order valence-electron chi connectivity index (χ4n) is 3.69. The summed E-state index contributed by atoms with van der Waals surface area (Å²) in [6.45, 7) is 2.98. The van der Waals surface area contributed by atoms with Crippen molar-refractivity contribution in [3.8, 4) is 0 Å². The van der Waals surface area contributed by atoms with Crippen molar-refractivity contribution >= 4 is 11.9 Å². The predicted octanol–water partition coefficient (Wildman–Crippen LogP) is 2.35. The highest BCUT2D eigenvalue weighted by atomic mass is 16.4. The van der Waals surface area contributed by atoms with Crippen molar-refractivity contribution in [3.63, 3.8) is 0 Å². The third kappa shape index (κ3) is 2.23. The van der Waals surface area contributed by atoms with Crippen molar-refractivity contribution in [2.75, 3.05) is 13.1 Å². The zero-order valence-corrected chi connectivity index (χ0v) is 12.3. The second kappa shape index (κ2) is 5.17. The van der Waals surface area contributed by atoms with Gasteiger partial charge in [0.25, 0.3) is 0 Å². The number of amides is 1. The summed E-state index contributed by atoms with van der Waals surface area (Å²) in [5, 5.41) is 9.11. The van der Waals surface area contributed by atoms with Crippen LogP contribution in [0.15, 0.2) is 24.3 Å². The van der Waals surface area contributed by atoms with E-state index in [0.29, 0.717) is 19.5 Å². The lowest BCUT2D eigenvalue weighted by Crippen LogP contribution is -2.50. The molecule has 1 aliphatic heterocycles. The molecular formula is C17H21NO3. The molecule has 0 radical (unpaired) electrons. The maximum atomic E-state index is 13.0. The maximum absolute atomic E-state index is 13.0. The molecule has 1 N–H and O–H groups in total. The minimum atomic E-state index is -0.788. The number of benzene rings is 1. The molecule has 21 heavy (non-hydrogen) atoms. The number of carboxylic acids is 1. The molecule has 1 heterocycles. The van der Waals surface area contributed by atoms with E-state index in [2.05, 4.69) is 6.07 Å². The molecule has 0 aromatic heterocycles. The van der Waals surface area contributed by atoms with Crippen molar-refractivity contribution in [1.29, 1.82) is 0 Å². The molecule has 4 heteroatoms. The average Bonchev–Trinajstić information content (AvgIpc) is 2.89. The summed E-state index contributed by atoms with van der Waals surface area (Å²) in [4.78, 5) is 25.9. The molecule has 2 fully saturated rings. The average molecular weight is 287 g/mol. The van der Waals surface area contributed by atoms with Crippen molar-refractivity contribution in [2.45, 2.75) is 38.0 Å². The van der Waals surface area contributed by atoms with Crippen LogP contribution in [0.1, 0.15) is 36.8 Å². The number of carbonyl (C=O) groups is 2. The van der Waals surface area contributed by atoms with E-state index in [4.69, 9.17) is 5.11 Å². The van der Waals surface area contributed by atoms with Crippen LogP contribution in [0.25, 0.3) is 0 Å². The summed E-state index contributed by atoms with van der Waals surface area (Å²) in [7, 11) is 0. The van der Waals surface area contributed by atoms with E-state index in [1.165, 1.54) is 0 Å². The Morgan fingerprint density at radius 2 is 2.00 bits per heavy atom. The van der Waals surface area contributed by atoms with Crippen molar-refractivity contribution in [1.82, 2.24) is 4.90 Å². The molecule has 1 saturated heterocycles. The van der Waals surface area contributed by atoms with Gasteiger partial charge < -0.3 is 10.0 Å². The first-order valence-corrected chi connectivity index (χ1v) is 7.63. The molecule has 1 aliphatic carbocycles. The van der Waals surface area contributed by atoms with Crippen molar-refractivity contribution in [2.24, 2.45) is 5.92 Å². The van der Waals surface area contributed by atoms with Crippen LogP contribution in [-0.4, -0.2) is 35.0 Å². The van der Waals surface area contributed by atoms with Gasteiger partial charge in [0.15, 0.2) is 0 Å². The number of carbonyl (C=O) groups excluding carboxylic acids is 1. The number of rotatable bonds is 3. The molecule has 112 valence electrons. The molecule has 1 aromatic carbocycles. The zero-order chi connectivity index (χ0) is 15.0.